The zero-order valence-corrected chi connectivity index (χ0v) is 15.9. The lowest BCUT2D eigenvalue weighted by Gasteiger charge is -2.39. The fourth-order valence-electron chi connectivity index (χ4n) is 3.14. The van der Waals surface area contributed by atoms with Gasteiger partial charge in [-0.15, -0.1) is 0 Å². The number of urea groups is 1. The van der Waals surface area contributed by atoms with Crippen LogP contribution in [-0.4, -0.2) is 36.0 Å². The van der Waals surface area contributed by atoms with Crippen LogP contribution in [0.5, 0.6) is 0 Å². The second kappa shape index (κ2) is 7.38. The molecule has 1 N–H and O–H groups in total. The van der Waals surface area contributed by atoms with Crippen molar-refractivity contribution in [3.05, 3.63) is 58.6 Å². The number of piperazine rings is 1. The minimum absolute atomic E-state index is 0.0965. The lowest BCUT2D eigenvalue weighted by atomic mass is 10.1. The maximum Gasteiger partial charge on any atom is 0.322 e. The van der Waals surface area contributed by atoms with E-state index < -0.39 is 6.04 Å². The van der Waals surface area contributed by atoms with Gasteiger partial charge in [0, 0.05) is 29.5 Å². The summed E-state index contributed by atoms with van der Waals surface area (Å²) in [4.78, 5) is 28.7. The molecule has 6 heteroatoms. The largest absolute Gasteiger partial charge is 0.322 e. The van der Waals surface area contributed by atoms with Crippen molar-refractivity contribution in [3.63, 3.8) is 0 Å². The first kappa shape index (κ1) is 18.3. The molecule has 5 nitrogen and oxygen atoms in total. The summed E-state index contributed by atoms with van der Waals surface area (Å²) >= 11 is 6.01. The summed E-state index contributed by atoms with van der Waals surface area (Å²) in [5, 5.41) is 3.50. The quantitative estimate of drug-likeness (QED) is 0.859. The molecule has 0 aromatic heterocycles. The number of hydrogen-bond acceptors (Lipinski definition) is 2. The van der Waals surface area contributed by atoms with Crippen molar-refractivity contribution in [1.29, 1.82) is 0 Å². The van der Waals surface area contributed by atoms with Gasteiger partial charge in [-0.2, -0.15) is 0 Å². The van der Waals surface area contributed by atoms with E-state index >= 15 is 0 Å². The van der Waals surface area contributed by atoms with Gasteiger partial charge >= 0.3 is 6.03 Å². The molecule has 0 saturated carbocycles. The number of nitrogens with zero attached hydrogens (tertiary/aromatic N) is 2. The van der Waals surface area contributed by atoms with Crippen LogP contribution in [0.2, 0.25) is 5.02 Å². The third-order valence-corrected chi connectivity index (χ3v) is 4.90. The lowest BCUT2D eigenvalue weighted by Crippen LogP contribution is -2.58. The van der Waals surface area contributed by atoms with Crippen LogP contribution in [0.4, 0.5) is 16.2 Å². The van der Waals surface area contributed by atoms with E-state index in [1.54, 1.807) is 22.8 Å². The van der Waals surface area contributed by atoms with Gasteiger partial charge in [0.15, 0.2) is 0 Å². The van der Waals surface area contributed by atoms with Crippen LogP contribution in [0.1, 0.15) is 18.1 Å². The minimum atomic E-state index is -0.538. The highest BCUT2D eigenvalue weighted by Gasteiger charge is 2.35. The van der Waals surface area contributed by atoms with E-state index in [0.717, 1.165) is 22.5 Å². The van der Waals surface area contributed by atoms with Crippen molar-refractivity contribution < 1.29 is 9.59 Å². The molecule has 0 aliphatic carbocycles. The summed E-state index contributed by atoms with van der Waals surface area (Å²) in [6, 6.07) is 12.2. The third kappa shape index (κ3) is 3.68. The van der Waals surface area contributed by atoms with Gasteiger partial charge in [0.25, 0.3) is 0 Å². The van der Waals surface area contributed by atoms with E-state index in [2.05, 4.69) is 5.32 Å². The molecule has 0 spiro atoms. The first-order valence-corrected chi connectivity index (χ1v) is 8.96. The number of carbonyl (C=O) groups is 2. The Morgan fingerprint density at radius 3 is 2.46 bits per heavy atom. The molecular weight excluding hydrogens is 350 g/mol. The van der Waals surface area contributed by atoms with Crippen LogP contribution >= 0.6 is 11.6 Å². The number of hydrogen-bond donors (Lipinski definition) is 1. The fraction of sp³-hybridized carbons (Fsp3) is 0.300. The maximum atomic E-state index is 12.8. The Bertz CT molecular complexity index is 835. The molecule has 3 amide bonds. The fourth-order valence-corrected chi connectivity index (χ4v) is 3.37. The van der Waals surface area contributed by atoms with Crippen LogP contribution in [0.25, 0.3) is 0 Å². The second-order valence-electron chi connectivity index (χ2n) is 6.59. The van der Waals surface area contributed by atoms with Crippen molar-refractivity contribution in [1.82, 2.24) is 4.90 Å². The van der Waals surface area contributed by atoms with E-state index in [1.165, 1.54) is 0 Å². The molecule has 1 saturated heterocycles. The molecule has 1 aliphatic heterocycles. The third-order valence-electron chi connectivity index (χ3n) is 4.67. The van der Waals surface area contributed by atoms with Crippen LogP contribution in [-0.2, 0) is 4.79 Å². The van der Waals surface area contributed by atoms with Crippen molar-refractivity contribution in [2.75, 3.05) is 23.3 Å². The summed E-state index contributed by atoms with van der Waals surface area (Å²) in [5.41, 5.74) is 3.62. The van der Waals surface area contributed by atoms with Crippen LogP contribution < -0.4 is 10.2 Å². The molecule has 3 rings (SSSR count). The molecule has 1 atom stereocenters. The smallest absolute Gasteiger partial charge is 0.311 e. The Labute approximate surface area is 158 Å². The molecule has 0 radical (unpaired) electrons. The van der Waals surface area contributed by atoms with Gasteiger partial charge in [0.1, 0.15) is 6.04 Å². The van der Waals surface area contributed by atoms with E-state index in [9.17, 15) is 9.59 Å². The summed E-state index contributed by atoms with van der Waals surface area (Å²) in [7, 11) is 0. The van der Waals surface area contributed by atoms with Crippen molar-refractivity contribution in [3.8, 4) is 0 Å². The van der Waals surface area contributed by atoms with Crippen molar-refractivity contribution in [2.24, 2.45) is 0 Å². The Morgan fingerprint density at radius 2 is 1.81 bits per heavy atom. The predicted octanol–water partition coefficient (Wildman–Crippen LogP) is 4.23. The van der Waals surface area contributed by atoms with Crippen LogP contribution in [0, 0.1) is 13.8 Å². The molecule has 2 aromatic rings. The number of halogens is 1. The van der Waals surface area contributed by atoms with E-state index in [-0.39, 0.29) is 11.9 Å². The van der Waals surface area contributed by atoms with Crippen molar-refractivity contribution in [2.45, 2.75) is 26.8 Å². The number of nitrogens with one attached hydrogen (secondary N) is 1. The lowest BCUT2D eigenvalue weighted by molar-refractivity contribution is -0.123. The summed E-state index contributed by atoms with van der Waals surface area (Å²) < 4.78 is 0. The van der Waals surface area contributed by atoms with Gasteiger partial charge in [0.2, 0.25) is 5.91 Å². The molecule has 2 aromatic carbocycles. The SMILES string of the molecule is Cc1ccc(NC(=O)N2CCN(c3ccc(Cl)cc3C)C(=O)C2C)cc1. The first-order valence-electron chi connectivity index (χ1n) is 8.58. The Morgan fingerprint density at radius 1 is 1.12 bits per heavy atom. The molecule has 136 valence electrons. The molecule has 0 bridgehead atoms. The van der Waals surface area contributed by atoms with Crippen LogP contribution in [0.15, 0.2) is 42.5 Å². The topological polar surface area (TPSA) is 52.7 Å². The van der Waals surface area contributed by atoms with Gasteiger partial charge in [-0.05, 0) is 56.7 Å². The summed E-state index contributed by atoms with van der Waals surface area (Å²) in [5.74, 6) is -0.0965. The number of rotatable bonds is 2. The average molecular weight is 372 g/mol. The minimum Gasteiger partial charge on any atom is -0.311 e. The second-order valence-corrected chi connectivity index (χ2v) is 7.02. The van der Waals surface area contributed by atoms with Gasteiger partial charge in [-0.3, -0.25) is 4.79 Å². The Balaban J connectivity index is 1.72. The molecular formula is C20H22ClN3O2. The molecule has 26 heavy (non-hydrogen) atoms. The monoisotopic (exact) mass is 371 g/mol. The summed E-state index contributed by atoms with van der Waals surface area (Å²) in [6.07, 6.45) is 0. The zero-order chi connectivity index (χ0) is 18.8. The first-order chi connectivity index (χ1) is 12.4. The van der Waals surface area contributed by atoms with Gasteiger partial charge < -0.3 is 15.1 Å². The highest BCUT2D eigenvalue weighted by atomic mass is 35.5. The Hall–Kier alpha value is -2.53. The number of amides is 3. The van der Waals surface area contributed by atoms with E-state index in [1.807, 2.05) is 50.2 Å². The molecule has 1 heterocycles. The van der Waals surface area contributed by atoms with Crippen LogP contribution in [0.3, 0.4) is 0 Å². The molecule has 1 aliphatic rings. The zero-order valence-electron chi connectivity index (χ0n) is 15.1. The van der Waals surface area contributed by atoms with Gasteiger partial charge in [-0.25, -0.2) is 4.79 Å². The Kier molecular flexibility index (Phi) is 5.18. The maximum absolute atomic E-state index is 12.8. The predicted molar refractivity (Wildman–Crippen MR) is 105 cm³/mol. The number of carbonyl (C=O) groups excluding carboxylic acids is 2. The number of aryl methyl sites for hydroxylation is 2. The normalized spacial score (nSPS) is 17.4. The van der Waals surface area contributed by atoms with Gasteiger partial charge in [-0.1, -0.05) is 29.3 Å². The molecule has 1 unspecified atom stereocenters. The van der Waals surface area contributed by atoms with Crippen molar-refractivity contribution >= 4 is 34.9 Å². The average Bonchev–Trinajstić information content (AvgIpc) is 2.60. The van der Waals surface area contributed by atoms with E-state index in [0.29, 0.717) is 18.1 Å². The highest BCUT2D eigenvalue weighted by Crippen LogP contribution is 2.27. The number of benzene rings is 2. The number of anilines is 2. The summed E-state index contributed by atoms with van der Waals surface area (Å²) in [6.45, 7) is 6.59. The van der Waals surface area contributed by atoms with Gasteiger partial charge in [0.05, 0.1) is 0 Å². The van der Waals surface area contributed by atoms with E-state index in [4.69, 9.17) is 11.6 Å². The molecule has 1 fully saturated rings. The highest BCUT2D eigenvalue weighted by molar-refractivity contribution is 6.30. The standard InChI is InChI=1S/C20H22ClN3O2/c1-13-4-7-17(8-5-13)22-20(26)23-10-11-24(19(25)15(23)3)18-9-6-16(21)12-14(18)2/h4-9,12,15H,10-11H2,1-3H3,(H,22,26).